The molecule has 0 heterocycles. The first-order valence-electron chi connectivity index (χ1n) is 30.9. The van der Waals surface area contributed by atoms with Crippen molar-refractivity contribution < 1.29 is 32.9 Å². The monoisotopic (exact) mass is 1050 g/mol. The van der Waals surface area contributed by atoms with E-state index in [0.717, 1.165) is 89.9 Å². The lowest BCUT2D eigenvalue weighted by molar-refractivity contribution is -0.870. The van der Waals surface area contributed by atoms with Crippen molar-refractivity contribution in [3.05, 3.63) is 85.1 Å². The number of rotatable bonds is 56. The molecule has 0 aliphatic heterocycles. The molecule has 1 amide bonds. The Morgan fingerprint density at radius 2 is 0.824 bits per heavy atom. The number of nitrogens with one attached hydrogen (secondary N) is 1. The topological polar surface area (TPSA) is 108 Å². The number of phosphoric ester groups is 1. The molecule has 0 aliphatic rings. The summed E-state index contributed by atoms with van der Waals surface area (Å²) in [6, 6.07) is -0.898. The van der Waals surface area contributed by atoms with E-state index in [1.807, 2.05) is 27.2 Å². The highest BCUT2D eigenvalue weighted by atomic mass is 31.2. The summed E-state index contributed by atoms with van der Waals surface area (Å²) in [4.78, 5) is 25.6. The second kappa shape index (κ2) is 55.4. The number of allylic oxidation sites excluding steroid dienone is 13. The highest BCUT2D eigenvalue weighted by Crippen LogP contribution is 2.38. The van der Waals surface area contributed by atoms with Crippen molar-refractivity contribution in [3.63, 3.8) is 0 Å². The van der Waals surface area contributed by atoms with Gasteiger partial charge in [-0.3, -0.25) is 9.36 Å². The number of aliphatic hydroxyl groups is 1. The van der Waals surface area contributed by atoms with Crippen LogP contribution in [0, 0.1) is 0 Å². The molecule has 0 rings (SSSR count). The third-order valence-electron chi connectivity index (χ3n) is 13.6. The molecule has 0 fully saturated rings. The first-order chi connectivity index (χ1) is 36.0. The van der Waals surface area contributed by atoms with Crippen LogP contribution >= 0.6 is 7.82 Å². The molecule has 3 atom stereocenters. The predicted molar refractivity (Wildman–Crippen MR) is 320 cm³/mol. The summed E-state index contributed by atoms with van der Waals surface area (Å²) < 4.78 is 23.4. The minimum atomic E-state index is -4.61. The normalized spacial score (nSPS) is 14.4. The SMILES string of the molecule is CC/C=C\C/C=C\C/C=C\C/C=C\C/C=C\C/C=C\CCCCCCCCCCC(=O)NC(COP(=O)([O-])OCC[N+](C)(C)C)C(O)/C=C/CCCCCCCCCCCCCCCCCCCCCCCCC. The molecule has 9 heteroatoms. The van der Waals surface area contributed by atoms with Gasteiger partial charge in [0, 0.05) is 6.42 Å². The van der Waals surface area contributed by atoms with Gasteiger partial charge in [-0.05, 0) is 70.6 Å². The number of aliphatic hydroxyl groups excluding tert-OH is 1. The fraction of sp³-hybridized carbons (Fsp3) is 0.769. The predicted octanol–water partition coefficient (Wildman–Crippen LogP) is 18.6. The highest BCUT2D eigenvalue weighted by molar-refractivity contribution is 7.45. The van der Waals surface area contributed by atoms with E-state index in [4.69, 9.17) is 9.05 Å². The van der Waals surface area contributed by atoms with Crippen molar-refractivity contribution >= 4 is 13.7 Å². The van der Waals surface area contributed by atoms with Crippen LogP contribution < -0.4 is 10.2 Å². The summed E-state index contributed by atoms with van der Waals surface area (Å²) in [5, 5.41) is 13.9. The average Bonchev–Trinajstić information content (AvgIpc) is 3.36. The van der Waals surface area contributed by atoms with Crippen LogP contribution in [0.1, 0.15) is 271 Å². The molecule has 0 aromatic heterocycles. The van der Waals surface area contributed by atoms with Crippen LogP contribution in [0.5, 0.6) is 0 Å². The quantitative estimate of drug-likeness (QED) is 0.0272. The van der Waals surface area contributed by atoms with Gasteiger partial charge in [0.15, 0.2) is 0 Å². The van der Waals surface area contributed by atoms with Gasteiger partial charge in [-0.1, -0.05) is 279 Å². The number of likely N-dealkylation sites (N-methyl/N-ethyl adjacent to an activating group) is 1. The average molecular weight is 1060 g/mol. The summed E-state index contributed by atoms with van der Waals surface area (Å²) in [5.41, 5.74) is 0. The Balaban J connectivity index is 4.22. The molecular formula is C65H119N2O6P. The van der Waals surface area contributed by atoms with E-state index < -0.39 is 20.0 Å². The van der Waals surface area contributed by atoms with Gasteiger partial charge < -0.3 is 28.8 Å². The van der Waals surface area contributed by atoms with Crippen LogP contribution in [0.3, 0.4) is 0 Å². The summed E-state index contributed by atoms with van der Waals surface area (Å²) in [6.45, 7) is 4.55. The van der Waals surface area contributed by atoms with Crippen LogP contribution in [0.4, 0.5) is 0 Å². The highest BCUT2D eigenvalue weighted by Gasteiger charge is 2.23. The number of unbranched alkanes of at least 4 members (excludes halogenated alkanes) is 31. The number of amides is 1. The molecule has 0 aliphatic carbocycles. The van der Waals surface area contributed by atoms with Gasteiger partial charge in [0.25, 0.3) is 7.82 Å². The molecule has 0 aromatic rings. The summed E-state index contributed by atoms with van der Waals surface area (Å²) in [7, 11) is 1.25. The lowest BCUT2D eigenvalue weighted by atomic mass is 10.0. The maximum absolute atomic E-state index is 13.0. The Kier molecular flexibility index (Phi) is 53.7. The zero-order valence-corrected chi connectivity index (χ0v) is 49.9. The fourth-order valence-electron chi connectivity index (χ4n) is 8.81. The van der Waals surface area contributed by atoms with Crippen LogP contribution in [0.15, 0.2) is 85.1 Å². The van der Waals surface area contributed by atoms with Crippen LogP contribution in [0.25, 0.3) is 0 Å². The number of hydrogen-bond donors (Lipinski definition) is 2. The molecule has 430 valence electrons. The zero-order valence-electron chi connectivity index (χ0n) is 49.0. The van der Waals surface area contributed by atoms with E-state index in [1.54, 1.807) is 6.08 Å². The van der Waals surface area contributed by atoms with Crippen LogP contribution in [0.2, 0.25) is 0 Å². The molecule has 8 nitrogen and oxygen atoms in total. The minimum Gasteiger partial charge on any atom is -0.756 e. The molecule has 0 radical (unpaired) electrons. The third kappa shape index (κ3) is 57.4. The Bertz CT molecular complexity index is 1480. The lowest BCUT2D eigenvalue weighted by Gasteiger charge is -2.29. The molecule has 3 unspecified atom stereocenters. The maximum Gasteiger partial charge on any atom is 0.268 e. The fourth-order valence-corrected chi connectivity index (χ4v) is 9.53. The van der Waals surface area contributed by atoms with Gasteiger partial charge in [-0.25, -0.2) is 0 Å². The molecule has 0 spiro atoms. The van der Waals surface area contributed by atoms with Crippen molar-refractivity contribution in [2.75, 3.05) is 40.9 Å². The molecule has 0 saturated carbocycles. The van der Waals surface area contributed by atoms with Crippen molar-refractivity contribution in [2.24, 2.45) is 0 Å². The van der Waals surface area contributed by atoms with Gasteiger partial charge in [-0.15, -0.1) is 0 Å². The molecule has 74 heavy (non-hydrogen) atoms. The summed E-state index contributed by atoms with van der Waals surface area (Å²) in [5.74, 6) is -0.207. The number of hydrogen-bond acceptors (Lipinski definition) is 6. The number of quaternary nitrogens is 1. The molecule has 0 saturated heterocycles. The Hall–Kier alpha value is -2.32. The zero-order chi connectivity index (χ0) is 54.2. The van der Waals surface area contributed by atoms with Gasteiger partial charge >= 0.3 is 0 Å². The lowest BCUT2D eigenvalue weighted by Crippen LogP contribution is -2.45. The largest absolute Gasteiger partial charge is 0.756 e. The Morgan fingerprint density at radius 1 is 0.486 bits per heavy atom. The number of nitrogens with zero attached hydrogens (tertiary/aromatic N) is 1. The van der Waals surface area contributed by atoms with Crippen molar-refractivity contribution in [2.45, 2.75) is 283 Å². The number of phosphoric acid groups is 1. The van der Waals surface area contributed by atoms with E-state index >= 15 is 0 Å². The maximum atomic E-state index is 13.0. The van der Waals surface area contributed by atoms with Gasteiger partial charge in [0.2, 0.25) is 5.91 Å². The van der Waals surface area contributed by atoms with E-state index in [0.29, 0.717) is 17.4 Å². The second-order valence-electron chi connectivity index (χ2n) is 22.0. The third-order valence-corrected chi connectivity index (χ3v) is 14.6. The minimum absolute atomic E-state index is 0.00630. The van der Waals surface area contributed by atoms with Crippen LogP contribution in [-0.4, -0.2) is 68.5 Å². The van der Waals surface area contributed by atoms with Gasteiger partial charge in [0.1, 0.15) is 13.2 Å². The molecule has 0 aromatic carbocycles. The molecular weight excluding hydrogens is 936 g/mol. The summed E-state index contributed by atoms with van der Waals surface area (Å²) in [6.07, 6.45) is 78.1. The first kappa shape index (κ1) is 71.7. The first-order valence-corrected chi connectivity index (χ1v) is 32.4. The van der Waals surface area contributed by atoms with E-state index in [1.165, 1.54) is 161 Å². The second-order valence-corrected chi connectivity index (χ2v) is 23.4. The number of carbonyl (C=O) groups excluding carboxylic acids is 1. The van der Waals surface area contributed by atoms with E-state index in [9.17, 15) is 19.4 Å². The van der Waals surface area contributed by atoms with Crippen LogP contribution in [-0.2, 0) is 18.4 Å². The standard InChI is InChI=1S/C65H119N2O6P/c1-6-8-10-12-14-16-18-20-22-24-26-28-30-32-33-35-37-39-41-43-45-47-49-51-53-55-57-59-65(69)66-63(62-73-74(70,71)72-61-60-67(3,4)5)64(68)58-56-54-52-50-48-46-44-42-40-38-36-34-31-29-27-25-23-21-19-17-15-13-11-9-7-2/h8,10,14,16,20,22,26,28,32-33,37,39,56,58,63-64,68H,6-7,9,11-13,15,17-19,21,23-25,27,29-31,34-36,38,40-55,57,59-62H2,1-5H3,(H-,66,69,70,71)/b10-8-,16-14-,22-20-,28-26-,33-32-,39-37-,58-56+. The molecule has 2 N–H and O–H groups in total. The smallest absolute Gasteiger partial charge is 0.268 e. The van der Waals surface area contributed by atoms with Crippen molar-refractivity contribution in [1.82, 2.24) is 5.32 Å². The van der Waals surface area contributed by atoms with E-state index in [-0.39, 0.29) is 19.1 Å². The molecule has 0 bridgehead atoms. The summed E-state index contributed by atoms with van der Waals surface area (Å²) >= 11 is 0. The van der Waals surface area contributed by atoms with Gasteiger partial charge in [-0.2, -0.15) is 0 Å². The Labute approximate surface area is 458 Å². The van der Waals surface area contributed by atoms with Crippen molar-refractivity contribution in [3.8, 4) is 0 Å². The number of carbonyl (C=O) groups is 1. The van der Waals surface area contributed by atoms with E-state index in [2.05, 4.69) is 92.1 Å². The van der Waals surface area contributed by atoms with Gasteiger partial charge in [0.05, 0.1) is 39.9 Å². The Morgan fingerprint density at radius 3 is 1.20 bits per heavy atom. The van der Waals surface area contributed by atoms with Crippen molar-refractivity contribution in [1.29, 1.82) is 0 Å².